The lowest BCUT2D eigenvalue weighted by molar-refractivity contribution is -0.140. The second kappa shape index (κ2) is 7.47. The largest absolute Gasteiger partial charge is 0.469 e. The number of aryl methyl sites for hydroxylation is 1. The summed E-state index contributed by atoms with van der Waals surface area (Å²) in [5, 5.41) is 4.09. The second-order valence-electron chi connectivity index (χ2n) is 3.72. The van der Waals surface area contributed by atoms with Crippen LogP contribution in [0.4, 0.5) is 0 Å². The van der Waals surface area contributed by atoms with E-state index in [0.29, 0.717) is 25.3 Å². The standard InChI is InChI=1S/C12H18N2O4/c1-3-18-12(16)10-7-9-14(13-10)8-5-4-6-11(15)17-2/h7,9H,3-6,8H2,1-2H3. The Morgan fingerprint density at radius 1 is 1.39 bits per heavy atom. The summed E-state index contributed by atoms with van der Waals surface area (Å²) in [6, 6.07) is 1.62. The Bertz CT molecular complexity index is 401. The van der Waals surface area contributed by atoms with Crippen molar-refractivity contribution in [2.24, 2.45) is 0 Å². The Kier molecular flexibility index (Phi) is 5.90. The minimum absolute atomic E-state index is 0.206. The number of ether oxygens (including phenoxy) is 2. The molecule has 0 amide bonds. The van der Waals surface area contributed by atoms with Crippen molar-refractivity contribution in [3.63, 3.8) is 0 Å². The molecule has 0 N–H and O–H groups in total. The van der Waals surface area contributed by atoms with Gasteiger partial charge in [-0.3, -0.25) is 9.48 Å². The predicted octanol–water partition coefficient (Wildman–Crippen LogP) is 1.40. The van der Waals surface area contributed by atoms with Crippen molar-refractivity contribution in [3.05, 3.63) is 18.0 Å². The molecule has 0 saturated carbocycles. The van der Waals surface area contributed by atoms with E-state index in [0.717, 1.165) is 12.8 Å². The quantitative estimate of drug-likeness (QED) is 0.543. The third-order valence-corrected chi connectivity index (χ3v) is 2.37. The van der Waals surface area contributed by atoms with Gasteiger partial charge >= 0.3 is 11.9 Å². The number of nitrogens with zero attached hydrogens (tertiary/aromatic N) is 2. The van der Waals surface area contributed by atoms with E-state index in [-0.39, 0.29) is 5.97 Å². The molecule has 0 aliphatic rings. The van der Waals surface area contributed by atoms with Gasteiger partial charge in [0.1, 0.15) is 0 Å². The molecule has 100 valence electrons. The molecule has 18 heavy (non-hydrogen) atoms. The lowest BCUT2D eigenvalue weighted by atomic mass is 10.2. The molecule has 0 saturated heterocycles. The highest BCUT2D eigenvalue weighted by Crippen LogP contribution is 2.03. The maximum atomic E-state index is 11.4. The molecule has 0 aliphatic carbocycles. The molecule has 1 rings (SSSR count). The monoisotopic (exact) mass is 254 g/mol. The lowest BCUT2D eigenvalue weighted by Crippen LogP contribution is -2.07. The van der Waals surface area contributed by atoms with E-state index in [1.165, 1.54) is 7.11 Å². The van der Waals surface area contributed by atoms with Crippen LogP contribution in [0, 0.1) is 0 Å². The Morgan fingerprint density at radius 3 is 2.83 bits per heavy atom. The number of carbonyl (C=O) groups excluding carboxylic acids is 2. The van der Waals surface area contributed by atoms with E-state index < -0.39 is 5.97 Å². The van der Waals surface area contributed by atoms with Crippen LogP contribution in [-0.4, -0.2) is 35.4 Å². The summed E-state index contributed by atoms with van der Waals surface area (Å²) in [5.74, 6) is -0.617. The Hall–Kier alpha value is -1.85. The van der Waals surface area contributed by atoms with Crippen molar-refractivity contribution in [1.82, 2.24) is 9.78 Å². The summed E-state index contributed by atoms with van der Waals surface area (Å²) in [6.45, 7) is 2.75. The number of unbranched alkanes of at least 4 members (excludes halogenated alkanes) is 1. The molecule has 0 aromatic carbocycles. The molecule has 0 unspecified atom stereocenters. The summed E-state index contributed by atoms with van der Waals surface area (Å²) >= 11 is 0. The van der Waals surface area contributed by atoms with Gasteiger partial charge in [0, 0.05) is 19.2 Å². The highest BCUT2D eigenvalue weighted by molar-refractivity contribution is 5.86. The third-order valence-electron chi connectivity index (χ3n) is 2.37. The number of rotatable bonds is 7. The maximum Gasteiger partial charge on any atom is 0.358 e. The minimum Gasteiger partial charge on any atom is -0.469 e. The third kappa shape index (κ3) is 4.57. The normalized spacial score (nSPS) is 10.1. The number of esters is 2. The number of aromatic nitrogens is 2. The molecule has 0 fully saturated rings. The maximum absolute atomic E-state index is 11.4. The van der Waals surface area contributed by atoms with Gasteiger partial charge in [-0.05, 0) is 25.8 Å². The molecule has 6 nitrogen and oxygen atoms in total. The topological polar surface area (TPSA) is 70.4 Å². The molecule has 0 atom stereocenters. The van der Waals surface area contributed by atoms with Crippen molar-refractivity contribution in [2.75, 3.05) is 13.7 Å². The smallest absolute Gasteiger partial charge is 0.358 e. The van der Waals surface area contributed by atoms with Crippen LogP contribution in [-0.2, 0) is 20.8 Å². The first kappa shape index (κ1) is 14.2. The molecule has 1 heterocycles. The fraction of sp³-hybridized carbons (Fsp3) is 0.583. The van der Waals surface area contributed by atoms with Crippen LogP contribution in [0.1, 0.15) is 36.7 Å². The van der Waals surface area contributed by atoms with E-state index in [1.807, 2.05) is 0 Å². The van der Waals surface area contributed by atoms with E-state index in [4.69, 9.17) is 4.74 Å². The van der Waals surface area contributed by atoms with Crippen molar-refractivity contribution < 1.29 is 19.1 Å². The van der Waals surface area contributed by atoms with Crippen LogP contribution < -0.4 is 0 Å². The van der Waals surface area contributed by atoms with Crippen LogP contribution in [0.15, 0.2) is 12.3 Å². The summed E-state index contributed by atoms with van der Waals surface area (Å²) in [6.07, 6.45) is 3.67. The van der Waals surface area contributed by atoms with Gasteiger partial charge in [-0.2, -0.15) is 5.10 Å². The summed E-state index contributed by atoms with van der Waals surface area (Å²) < 4.78 is 11.0. The average Bonchev–Trinajstić information content (AvgIpc) is 2.83. The van der Waals surface area contributed by atoms with Crippen LogP contribution >= 0.6 is 0 Å². The van der Waals surface area contributed by atoms with Crippen LogP contribution in [0.5, 0.6) is 0 Å². The van der Waals surface area contributed by atoms with E-state index in [9.17, 15) is 9.59 Å². The highest BCUT2D eigenvalue weighted by Gasteiger charge is 2.09. The number of methoxy groups -OCH3 is 1. The number of hydrogen-bond donors (Lipinski definition) is 0. The van der Waals surface area contributed by atoms with Gasteiger partial charge < -0.3 is 9.47 Å². The Balaban J connectivity index is 2.31. The Labute approximate surface area is 106 Å². The molecule has 0 aliphatic heterocycles. The molecule has 0 radical (unpaired) electrons. The van der Waals surface area contributed by atoms with Crippen molar-refractivity contribution in [3.8, 4) is 0 Å². The first-order valence-corrected chi connectivity index (χ1v) is 5.94. The number of carbonyl (C=O) groups is 2. The van der Waals surface area contributed by atoms with Crippen molar-refractivity contribution in [1.29, 1.82) is 0 Å². The molecular formula is C12H18N2O4. The van der Waals surface area contributed by atoms with Gasteiger partial charge in [-0.1, -0.05) is 0 Å². The first-order valence-electron chi connectivity index (χ1n) is 5.94. The molecular weight excluding hydrogens is 236 g/mol. The van der Waals surface area contributed by atoms with Gasteiger partial charge in [-0.15, -0.1) is 0 Å². The lowest BCUT2D eigenvalue weighted by Gasteiger charge is -2.01. The predicted molar refractivity (Wildman–Crippen MR) is 64.1 cm³/mol. The highest BCUT2D eigenvalue weighted by atomic mass is 16.5. The van der Waals surface area contributed by atoms with Crippen molar-refractivity contribution >= 4 is 11.9 Å². The Morgan fingerprint density at radius 2 is 2.17 bits per heavy atom. The van der Waals surface area contributed by atoms with Crippen LogP contribution in [0.25, 0.3) is 0 Å². The minimum atomic E-state index is -0.411. The van der Waals surface area contributed by atoms with E-state index in [2.05, 4.69) is 9.84 Å². The van der Waals surface area contributed by atoms with Crippen LogP contribution in [0.3, 0.4) is 0 Å². The zero-order valence-electron chi connectivity index (χ0n) is 10.7. The SMILES string of the molecule is CCOC(=O)c1ccn(CCCCC(=O)OC)n1. The first-order chi connectivity index (χ1) is 8.67. The second-order valence-corrected chi connectivity index (χ2v) is 3.72. The molecule has 1 aromatic heterocycles. The zero-order valence-corrected chi connectivity index (χ0v) is 10.7. The van der Waals surface area contributed by atoms with Gasteiger partial charge in [0.05, 0.1) is 13.7 Å². The van der Waals surface area contributed by atoms with Gasteiger partial charge in [0.2, 0.25) is 0 Å². The fourth-order valence-electron chi connectivity index (χ4n) is 1.45. The van der Waals surface area contributed by atoms with Crippen molar-refractivity contribution in [2.45, 2.75) is 32.7 Å². The fourth-order valence-corrected chi connectivity index (χ4v) is 1.45. The zero-order chi connectivity index (χ0) is 13.4. The molecule has 0 bridgehead atoms. The average molecular weight is 254 g/mol. The van der Waals surface area contributed by atoms with Gasteiger partial charge in [-0.25, -0.2) is 4.79 Å². The summed E-state index contributed by atoms with van der Waals surface area (Å²) in [7, 11) is 1.38. The van der Waals surface area contributed by atoms with Gasteiger partial charge in [0.25, 0.3) is 0 Å². The molecule has 6 heteroatoms. The molecule has 1 aromatic rings. The number of hydrogen-bond acceptors (Lipinski definition) is 5. The van der Waals surface area contributed by atoms with E-state index in [1.54, 1.807) is 23.9 Å². The summed E-state index contributed by atoms with van der Waals surface area (Å²) in [5.41, 5.74) is 0.310. The summed E-state index contributed by atoms with van der Waals surface area (Å²) in [4.78, 5) is 22.2. The van der Waals surface area contributed by atoms with Crippen LogP contribution in [0.2, 0.25) is 0 Å². The van der Waals surface area contributed by atoms with Gasteiger partial charge in [0.15, 0.2) is 5.69 Å². The molecule has 0 spiro atoms. The van der Waals surface area contributed by atoms with E-state index >= 15 is 0 Å².